The van der Waals surface area contributed by atoms with Crippen LogP contribution in [0.5, 0.6) is 0 Å². The molecule has 2 heteroatoms. The number of hydrogen-bond donors (Lipinski definition) is 0. The number of nitrogens with zero attached hydrogens (tertiary/aromatic N) is 1. The number of pyridine rings is 1. The highest BCUT2D eigenvalue weighted by Crippen LogP contribution is 2.38. The van der Waals surface area contributed by atoms with Crippen LogP contribution < -0.4 is 0 Å². The Kier molecular flexibility index (Phi) is 6.93. The average molecular weight is 356 g/mol. The molecular weight excluding hydrogens is 326 g/mol. The van der Waals surface area contributed by atoms with Crippen molar-refractivity contribution in [3.8, 4) is 11.1 Å². The second-order valence-corrected chi connectivity index (χ2v) is 7.95. The van der Waals surface area contributed by atoms with E-state index < -0.39 is 0 Å². The van der Waals surface area contributed by atoms with Gasteiger partial charge in [-0.15, -0.1) is 0 Å². The van der Waals surface area contributed by atoms with Gasteiger partial charge in [-0.2, -0.15) is 0 Å². The van der Waals surface area contributed by atoms with Gasteiger partial charge in [-0.3, -0.25) is 0 Å². The summed E-state index contributed by atoms with van der Waals surface area (Å²) in [6.45, 7) is 2.29. The number of benzene rings is 1. The lowest BCUT2D eigenvalue weighted by atomic mass is 9.77. The van der Waals surface area contributed by atoms with E-state index in [0.717, 1.165) is 17.4 Å². The molecule has 1 aliphatic rings. The Morgan fingerprint density at radius 2 is 1.60 bits per heavy atom. The lowest BCUT2D eigenvalue weighted by molar-refractivity contribution is 0.302. The lowest BCUT2D eigenvalue weighted by Crippen LogP contribution is -2.13. The number of rotatable bonds is 7. The molecule has 0 bridgehead atoms. The molecular formula is C23H30ClN. The van der Waals surface area contributed by atoms with Crippen molar-refractivity contribution in [2.45, 2.75) is 70.6 Å². The van der Waals surface area contributed by atoms with Crippen molar-refractivity contribution in [2.75, 3.05) is 0 Å². The summed E-state index contributed by atoms with van der Waals surface area (Å²) in [6, 6.07) is 13.0. The van der Waals surface area contributed by atoms with Crippen molar-refractivity contribution in [1.29, 1.82) is 0 Å². The Hall–Kier alpha value is -1.34. The monoisotopic (exact) mass is 355 g/mol. The zero-order valence-electron chi connectivity index (χ0n) is 15.4. The molecule has 0 amide bonds. The molecule has 0 spiro atoms. The second kappa shape index (κ2) is 9.38. The topological polar surface area (TPSA) is 12.9 Å². The van der Waals surface area contributed by atoms with Gasteiger partial charge in [0.05, 0.1) is 0 Å². The highest BCUT2D eigenvalue weighted by Gasteiger charge is 2.22. The number of hydrogen-bond acceptors (Lipinski definition) is 1. The van der Waals surface area contributed by atoms with Crippen molar-refractivity contribution in [3.63, 3.8) is 0 Å². The van der Waals surface area contributed by atoms with Gasteiger partial charge in [0.2, 0.25) is 0 Å². The summed E-state index contributed by atoms with van der Waals surface area (Å²) >= 11 is 5.87. The predicted octanol–water partition coefficient (Wildman–Crippen LogP) is 7.65. The van der Waals surface area contributed by atoms with Crippen LogP contribution in [0.2, 0.25) is 5.15 Å². The molecule has 1 heterocycles. The van der Waals surface area contributed by atoms with E-state index in [0.29, 0.717) is 5.15 Å². The van der Waals surface area contributed by atoms with E-state index in [-0.39, 0.29) is 0 Å². The maximum absolute atomic E-state index is 5.87. The first-order chi connectivity index (χ1) is 12.3. The quantitative estimate of drug-likeness (QED) is 0.367. The van der Waals surface area contributed by atoms with E-state index in [4.69, 9.17) is 11.6 Å². The largest absolute Gasteiger partial charge is 0.244 e. The summed E-state index contributed by atoms with van der Waals surface area (Å²) in [5.41, 5.74) is 3.86. The van der Waals surface area contributed by atoms with Crippen molar-refractivity contribution in [3.05, 3.63) is 53.3 Å². The number of aromatic nitrogens is 1. The second-order valence-electron chi connectivity index (χ2n) is 7.56. The number of unbranched alkanes of at least 4 members (excludes halogenated alkanes) is 3. The van der Waals surface area contributed by atoms with Crippen molar-refractivity contribution in [1.82, 2.24) is 4.98 Å². The van der Waals surface area contributed by atoms with Gasteiger partial charge in [-0.1, -0.05) is 74.9 Å². The summed E-state index contributed by atoms with van der Waals surface area (Å²) in [5.74, 6) is 1.73. The van der Waals surface area contributed by atoms with Gasteiger partial charge in [-0.05, 0) is 60.8 Å². The van der Waals surface area contributed by atoms with Crippen molar-refractivity contribution >= 4 is 11.6 Å². The van der Waals surface area contributed by atoms with Gasteiger partial charge in [0, 0.05) is 11.8 Å². The predicted molar refractivity (Wildman–Crippen MR) is 108 cm³/mol. The van der Waals surface area contributed by atoms with Gasteiger partial charge in [0.1, 0.15) is 5.15 Å². The fraction of sp³-hybridized carbons (Fsp3) is 0.522. The zero-order chi connectivity index (χ0) is 17.5. The molecule has 0 atom stereocenters. The molecule has 1 aromatic heterocycles. The molecule has 0 N–H and O–H groups in total. The average Bonchev–Trinajstić information content (AvgIpc) is 2.67. The fourth-order valence-corrected chi connectivity index (χ4v) is 4.25. The molecule has 0 radical (unpaired) electrons. The van der Waals surface area contributed by atoms with E-state index >= 15 is 0 Å². The van der Waals surface area contributed by atoms with Crippen LogP contribution in [0.25, 0.3) is 11.1 Å². The van der Waals surface area contributed by atoms with Crippen molar-refractivity contribution in [2.24, 2.45) is 5.92 Å². The summed E-state index contributed by atoms with van der Waals surface area (Å²) in [7, 11) is 0. The molecule has 3 rings (SSSR count). The van der Waals surface area contributed by atoms with E-state index in [1.807, 2.05) is 18.3 Å². The molecule has 1 nitrogen and oxygen atoms in total. The lowest BCUT2D eigenvalue weighted by Gasteiger charge is -2.29. The standard InChI is InChI=1S/C23H30ClN/c1-2-3-4-5-6-18-7-9-19(10-8-18)20-11-13-21(14-12-20)22-15-16-23(24)25-17-22/h11-19H,2-10H2,1H3. The smallest absolute Gasteiger partial charge is 0.129 e. The van der Waals surface area contributed by atoms with Crippen LogP contribution in [0.1, 0.15) is 76.2 Å². The normalized spacial score (nSPS) is 20.6. The minimum atomic E-state index is 0.548. The van der Waals surface area contributed by atoms with Gasteiger partial charge in [-0.25, -0.2) is 4.98 Å². The van der Waals surface area contributed by atoms with Crippen LogP contribution >= 0.6 is 11.6 Å². The molecule has 1 saturated carbocycles. The van der Waals surface area contributed by atoms with Crippen LogP contribution in [0.15, 0.2) is 42.6 Å². The minimum Gasteiger partial charge on any atom is -0.244 e. The summed E-state index contributed by atoms with van der Waals surface area (Å²) in [5, 5.41) is 0.548. The number of halogens is 1. The first-order valence-electron chi connectivity index (χ1n) is 9.98. The molecule has 0 aliphatic heterocycles. The molecule has 0 saturated heterocycles. The molecule has 1 fully saturated rings. The molecule has 2 aromatic rings. The van der Waals surface area contributed by atoms with Crippen LogP contribution in [0.3, 0.4) is 0 Å². The van der Waals surface area contributed by atoms with E-state index in [1.54, 1.807) is 0 Å². The first kappa shape index (κ1) is 18.5. The summed E-state index contributed by atoms with van der Waals surface area (Å²) in [4.78, 5) is 4.18. The zero-order valence-corrected chi connectivity index (χ0v) is 16.1. The Morgan fingerprint density at radius 3 is 2.24 bits per heavy atom. The summed E-state index contributed by atoms with van der Waals surface area (Å²) in [6.07, 6.45) is 14.5. The van der Waals surface area contributed by atoms with Gasteiger partial charge in [0.15, 0.2) is 0 Å². The van der Waals surface area contributed by atoms with Gasteiger partial charge < -0.3 is 0 Å². The molecule has 0 unspecified atom stereocenters. The summed E-state index contributed by atoms with van der Waals surface area (Å²) < 4.78 is 0. The third-order valence-electron chi connectivity index (χ3n) is 5.76. The maximum Gasteiger partial charge on any atom is 0.129 e. The minimum absolute atomic E-state index is 0.548. The molecule has 134 valence electrons. The van der Waals surface area contributed by atoms with Gasteiger partial charge >= 0.3 is 0 Å². The Balaban J connectivity index is 1.51. The highest BCUT2D eigenvalue weighted by molar-refractivity contribution is 6.29. The van der Waals surface area contributed by atoms with Gasteiger partial charge in [0.25, 0.3) is 0 Å². The maximum atomic E-state index is 5.87. The SMILES string of the molecule is CCCCCCC1CCC(c2ccc(-c3ccc(Cl)nc3)cc2)CC1. The van der Waals surface area contributed by atoms with E-state index in [1.165, 1.54) is 68.9 Å². The first-order valence-corrected chi connectivity index (χ1v) is 10.4. The fourth-order valence-electron chi connectivity index (χ4n) is 4.14. The Morgan fingerprint density at radius 1 is 0.880 bits per heavy atom. The molecule has 1 aliphatic carbocycles. The molecule has 1 aromatic carbocycles. The van der Waals surface area contributed by atoms with Crippen LogP contribution in [-0.2, 0) is 0 Å². The Bertz CT molecular complexity index is 624. The van der Waals surface area contributed by atoms with Crippen LogP contribution in [0, 0.1) is 5.92 Å². The van der Waals surface area contributed by atoms with Crippen LogP contribution in [0.4, 0.5) is 0 Å². The van der Waals surface area contributed by atoms with Crippen molar-refractivity contribution < 1.29 is 0 Å². The third-order valence-corrected chi connectivity index (χ3v) is 5.98. The highest BCUT2D eigenvalue weighted by atomic mass is 35.5. The van der Waals surface area contributed by atoms with E-state index in [9.17, 15) is 0 Å². The molecule has 25 heavy (non-hydrogen) atoms. The van der Waals surface area contributed by atoms with Crippen LogP contribution in [-0.4, -0.2) is 4.98 Å². The van der Waals surface area contributed by atoms with E-state index in [2.05, 4.69) is 36.2 Å². The third kappa shape index (κ3) is 5.31. The Labute approximate surface area is 157 Å².